The molecule has 1 heterocycles. The fourth-order valence-electron chi connectivity index (χ4n) is 1.23. The third kappa shape index (κ3) is 2.09. The first kappa shape index (κ1) is 10.7. The number of nitrogens with zero attached hydrogens (tertiary/aromatic N) is 3. The molecule has 0 saturated heterocycles. The van der Waals surface area contributed by atoms with E-state index in [2.05, 4.69) is 10.2 Å². The maximum absolute atomic E-state index is 6.05. The molecule has 0 amide bonds. The van der Waals surface area contributed by atoms with E-state index < -0.39 is 0 Å². The first-order valence-electron chi connectivity index (χ1n) is 4.12. The molecular weight excluding hydrogens is 256 g/mol. The van der Waals surface area contributed by atoms with Crippen molar-refractivity contribution in [1.82, 2.24) is 14.8 Å². The lowest BCUT2D eigenvalue weighted by Gasteiger charge is -2.06. The van der Waals surface area contributed by atoms with Crippen LogP contribution >= 0.6 is 34.8 Å². The van der Waals surface area contributed by atoms with Crippen LogP contribution in [0, 0.1) is 0 Å². The molecule has 0 aliphatic rings. The molecule has 0 saturated carbocycles. The van der Waals surface area contributed by atoms with Crippen LogP contribution in [-0.4, -0.2) is 14.8 Å². The third-order valence-corrected chi connectivity index (χ3v) is 2.68. The molecule has 0 fully saturated rings. The fraction of sp³-hybridized carbons (Fsp3) is 0.111. The lowest BCUT2D eigenvalue weighted by Crippen LogP contribution is -1.98. The Morgan fingerprint density at radius 2 is 2.07 bits per heavy atom. The molecule has 78 valence electrons. The molecule has 0 N–H and O–H groups in total. The Morgan fingerprint density at radius 1 is 1.27 bits per heavy atom. The van der Waals surface area contributed by atoms with Crippen molar-refractivity contribution < 1.29 is 0 Å². The van der Waals surface area contributed by atoms with Crippen LogP contribution in [0.4, 0.5) is 0 Å². The van der Waals surface area contributed by atoms with Crippen LogP contribution in [0.15, 0.2) is 24.5 Å². The van der Waals surface area contributed by atoms with Crippen molar-refractivity contribution in [2.45, 2.75) is 5.88 Å². The zero-order valence-electron chi connectivity index (χ0n) is 7.49. The van der Waals surface area contributed by atoms with Gasteiger partial charge in [0.1, 0.15) is 6.33 Å². The molecule has 0 aliphatic carbocycles. The predicted octanol–water partition coefficient (Wildman–Crippen LogP) is 3.31. The van der Waals surface area contributed by atoms with E-state index in [1.54, 1.807) is 29.1 Å². The average Bonchev–Trinajstić information content (AvgIpc) is 2.65. The van der Waals surface area contributed by atoms with Crippen LogP contribution < -0.4 is 0 Å². The number of aromatic nitrogens is 3. The van der Waals surface area contributed by atoms with Crippen LogP contribution in [0.3, 0.4) is 0 Å². The van der Waals surface area contributed by atoms with E-state index in [4.69, 9.17) is 34.8 Å². The minimum absolute atomic E-state index is 0.277. The van der Waals surface area contributed by atoms with Gasteiger partial charge in [0.05, 0.1) is 16.6 Å². The maximum atomic E-state index is 6.05. The SMILES string of the molecule is ClCc1nncn1-c1ccc(Cl)cc1Cl. The van der Waals surface area contributed by atoms with Crippen molar-refractivity contribution in [3.05, 3.63) is 40.4 Å². The number of benzene rings is 1. The van der Waals surface area contributed by atoms with Gasteiger partial charge in [-0.15, -0.1) is 21.8 Å². The molecule has 0 aliphatic heterocycles. The Balaban J connectivity index is 2.54. The van der Waals surface area contributed by atoms with Gasteiger partial charge in [-0.3, -0.25) is 4.57 Å². The van der Waals surface area contributed by atoms with Crippen molar-refractivity contribution in [1.29, 1.82) is 0 Å². The summed E-state index contributed by atoms with van der Waals surface area (Å²) in [4.78, 5) is 0. The van der Waals surface area contributed by atoms with Gasteiger partial charge in [-0.2, -0.15) is 0 Å². The molecule has 2 aromatic rings. The highest BCUT2D eigenvalue weighted by atomic mass is 35.5. The zero-order chi connectivity index (χ0) is 10.8. The summed E-state index contributed by atoms with van der Waals surface area (Å²) in [6, 6.07) is 5.21. The first-order chi connectivity index (χ1) is 7.22. The molecule has 2 rings (SSSR count). The fourth-order valence-corrected chi connectivity index (χ4v) is 1.91. The first-order valence-corrected chi connectivity index (χ1v) is 5.41. The number of halogens is 3. The molecule has 3 nitrogen and oxygen atoms in total. The van der Waals surface area contributed by atoms with Crippen LogP contribution in [0.2, 0.25) is 10.0 Å². The number of rotatable bonds is 2. The highest BCUT2D eigenvalue weighted by Crippen LogP contribution is 2.25. The van der Waals surface area contributed by atoms with Crippen molar-refractivity contribution in [3.8, 4) is 5.69 Å². The quantitative estimate of drug-likeness (QED) is 0.777. The van der Waals surface area contributed by atoms with E-state index in [-0.39, 0.29) is 5.88 Å². The van der Waals surface area contributed by atoms with Gasteiger partial charge in [0, 0.05) is 5.02 Å². The summed E-state index contributed by atoms with van der Waals surface area (Å²) < 4.78 is 1.73. The van der Waals surface area contributed by atoms with Crippen LogP contribution in [0.25, 0.3) is 5.69 Å². The van der Waals surface area contributed by atoms with Gasteiger partial charge in [-0.1, -0.05) is 23.2 Å². The summed E-state index contributed by atoms with van der Waals surface area (Å²) in [6.07, 6.45) is 1.56. The van der Waals surface area contributed by atoms with E-state index >= 15 is 0 Å². The van der Waals surface area contributed by atoms with Gasteiger partial charge in [0.2, 0.25) is 0 Å². The normalized spacial score (nSPS) is 10.6. The van der Waals surface area contributed by atoms with E-state index in [1.165, 1.54) is 0 Å². The van der Waals surface area contributed by atoms with E-state index in [0.717, 1.165) is 5.69 Å². The molecule has 15 heavy (non-hydrogen) atoms. The van der Waals surface area contributed by atoms with Gasteiger partial charge in [0.15, 0.2) is 5.82 Å². The molecule has 0 bridgehead atoms. The Kier molecular flexibility index (Phi) is 3.14. The molecule has 1 aromatic heterocycles. The van der Waals surface area contributed by atoms with Crippen molar-refractivity contribution in [2.24, 2.45) is 0 Å². The predicted molar refractivity (Wildman–Crippen MR) is 60.9 cm³/mol. The highest BCUT2D eigenvalue weighted by Gasteiger charge is 2.08. The summed E-state index contributed by atoms with van der Waals surface area (Å²) in [5, 5.41) is 8.76. The lowest BCUT2D eigenvalue weighted by molar-refractivity contribution is 0.951. The van der Waals surface area contributed by atoms with Crippen LogP contribution in [0.5, 0.6) is 0 Å². The average molecular weight is 263 g/mol. The van der Waals surface area contributed by atoms with Crippen LogP contribution in [0.1, 0.15) is 5.82 Å². The second kappa shape index (κ2) is 4.39. The Bertz CT molecular complexity index is 481. The zero-order valence-corrected chi connectivity index (χ0v) is 9.76. The summed E-state index contributed by atoms with van der Waals surface area (Å²) in [7, 11) is 0. The van der Waals surface area contributed by atoms with Gasteiger partial charge >= 0.3 is 0 Å². The molecule has 6 heteroatoms. The van der Waals surface area contributed by atoms with E-state index in [9.17, 15) is 0 Å². The minimum Gasteiger partial charge on any atom is -0.283 e. The highest BCUT2D eigenvalue weighted by molar-refractivity contribution is 6.35. The van der Waals surface area contributed by atoms with Gasteiger partial charge < -0.3 is 0 Å². The molecular formula is C9H6Cl3N3. The molecule has 0 radical (unpaired) electrons. The smallest absolute Gasteiger partial charge is 0.152 e. The summed E-state index contributed by atoms with van der Waals surface area (Å²) in [5.41, 5.74) is 0.765. The van der Waals surface area contributed by atoms with Gasteiger partial charge in [-0.25, -0.2) is 0 Å². The standard InChI is InChI=1S/C9H6Cl3N3/c10-4-9-14-13-5-15(9)8-2-1-6(11)3-7(8)12/h1-3,5H,4H2. The number of alkyl halides is 1. The van der Waals surface area contributed by atoms with Crippen molar-refractivity contribution >= 4 is 34.8 Å². The van der Waals surface area contributed by atoms with Crippen LogP contribution in [-0.2, 0) is 5.88 Å². The van der Waals surface area contributed by atoms with E-state index in [1.807, 2.05) is 0 Å². The summed E-state index contributed by atoms with van der Waals surface area (Å²) in [5.74, 6) is 0.916. The summed E-state index contributed by atoms with van der Waals surface area (Å²) >= 11 is 17.6. The monoisotopic (exact) mass is 261 g/mol. The largest absolute Gasteiger partial charge is 0.283 e. The minimum atomic E-state index is 0.277. The summed E-state index contributed by atoms with van der Waals surface area (Å²) in [6.45, 7) is 0. The molecule has 1 aromatic carbocycles. The van der Waals surface area contributed by atoms with E-state index in [0.29, 0.717) is 15.9 Å². The second-order valence-electron chi connectivity index (χ2n) is 2.85. The number of hydrogen-bond acceptors (Lipinski definition) is 2. The van der Waals surface area contributed by atoms with Crippen molar-refractivity contribution in [3.63, 3.8) is 0 Å². The van der Waals surface area contributed by atoms with Gasteiger partial charge in [0.25, 0.3) is 0 Å². The van der Waals surface area contributed by atoms with Crippen molar-refractivity contribution in [2.75, 3.05) is 0 Å². The second-order valence-corrected chi connectivity index (χ2v) is 3.96. The Morgan fingerprint density at radius 3 is 2.73 bits per heavy atom. The maximum Gasteiger partial charge on any atom is 0.152 e. The molecule has 0 unspecified atom stereocenters. The topological polar surface area (TPSA) is 30.7 Å². The lowest BCUT2D eigenvalue weighted by atomic mass is 10.3. The Hall–Kier alpha value is -0.770. The molecule has 0 spiro atoms. The molecule has 0 atom stereocenters. The van der Waals surface area contributed by atoms with Gasteiger partial charge in [-0.05, 0) is 18.2 Å². The third-order valence-electron chi connectivity index (χ3n) is 1.91. The Labute approximate surface area is 102 Å². The number of hydrogen-bond donors (Lipinski definition) is 0.